The topological polar surface area (TPSA) is 77.3 Å². The molecular formula is C14H20N4O2S. The summed E-state index contributed by atoms with van der Waals surface area (Å²) in [5, 5.41) is 9.18. The van der Waals surface area contributed by atoms with E-state index < -0.39 is 15.4 Å². The van der Waals surface area contributed by atoms with Crippen molar-refractivity contribution in [1.82, 2.24) is 9.88 Å². The van der Waals surface area contributed by atoms with E-state index in [-0.39, 0.29) is 4.90 Å². The van der Waals surface area contributed by atoms with Gasteiger partial charge in [-0.15, -0.1) is 0 Å². The van der Waals surface area contributed by atoms with Crippen molar-refractivity contribution in [2.75, 3.05) is 37.3 Å². The molecule has 0 amide bonds. The van der Waals surface area contributed by atoms with Crippen LogP contribution in [0.1, 0.15) is 13.8 Å². The molecule has 0 aromatic carbocycles. The number of rotatable bonds is 3. The molecule has 1 aromatic rings. The number of hydrogen-bond donors (Lipinski definition) is 0. The summed E-state index contributed by atoms with van der Waals surface area (Å²) < 4.78 is 23.7. The molecule has 114 valence electrons. The van der Waals surface area contributed by atoms with Gasteiger partial charge in [0.15, 0.2) is 9.84 Å². The monoisotopic (exact) mass is 308 g/mol. The number of anilines is 1. The van der Waals surface area contributed by atoms with Gasteiger partial charge >= 0.3 is 0 Å². The van der Waals surface area contributed by atoms with E-state index in [2.05, 4.69) is 16.0 Å². The van der Waals surface area contributed by atoms with Gasteiger partial charge in [0.05, 0.1) is 6.07 Å². The van der Waals surface area contributed by atoms with Crippen LogP contribution >= 0.6 is 0 Å². The molecule has 2 heterocycles. The predicted molar refractivity (Wildman–Crippen MR) is 80.8 cm³/mol. The van der Waals surface area contributed by atoms with Crippen molar-refractivity contribution in [3.8, 4) is 6.07 Å². The Labute approximate surface area is 125 Å². The summed E-state index contributed by atoms with van der Waals surface area (Å²) in [6.07, 6.45) is 2.80. The summed E-state index contributed by atoms with van der Waals surface area (Å²) in [4.78, 5) is 8.58. The Morgan fingerprint density at radius 2 is 1.90 bits per heavy atom. The fourth-order valence-electron chi connectivity index (χ4n) is 2.46. The first kappa shape index (κ1) is 15.7. The van der Waals surface area contributed by atoms with E-state index in [4.69, 9.17) is 0 Å². The van der Waals surface area contributed by atoms with Gasteiger partial charge in [0.2, 0.25) is 0 Å². The molecule has 1 aliphatic heterocycles. The molecule has 1 saturated heterocycles. The summed E-state index contributed by atoms with van der Waals surface area (Å²) in [7, 11) is -3.30. The number of pyridine rings is 1. The van der Waals surface area contributed by atoms with Crippen LogP contribution in [0.5, 0.6) is 0 Å². The van der Waals surface area contributed by atoms with Crippen molar-refractivity contribution in [2.24, 2.45) is 0 Å². The smallest absolute Gasteiger partial charge is 0.179 e. The molecule has 1 fully saturated rings. The summed E-state index contributed by atoms with van der Waals surface area (Å²) in [6, 6.07) is 5.52. The highest BCUT2D eigenvalue weighted by Gasteiger charge is 2.31. The molecule has 0 saturated carbocycles. The van der Waals surface area contributed by atoms with Crippen molar-refractivity contribution < 1.29 is 8.42 Å². The third-order valence-electron chi connectivity index (χ3n) is 3.79. The first-order valence-corrected chi connectivity index (χ1v) is 8.71. The number of sulfone groups is 1. The van der Waals surface area contributed by atoms with Crippen molar-refractivity contribution in [3.05, 3.63) is 18.3 Å². The van der Waals surface area contributed by atoms with Crippen molar-refractivity contribution in [1.29, 1.82) is 5.26 Å². The van der Waals surface area contributed by atoms with Crippen LogP contribution in [-0.4, -0.2) is 56.3 Å². The van der Waals surface area contributed by atoms with Crippen LogP contribution in [0.25, 0.3) is 0 Å². The molecule has 0 radical (unpaired) electrons. The predicted octanol–water partition coefficient (Wildman–Crippen LogP) is 0.909. The Kier molecular flexibility index (Phi) is 4.21. The standard InChI is InChI=1S/C14H20N4O2S/c1-14(2,11-15)18-9-7-17(8-10-18)13-12(21(3,19)20)5-4-6-16-13/h4-6H,7-10H2,1-3H3. The Morgan fingerprint density at radius 3 is 2.43 bits per heavy atom. The van der Waals surface area contributed by atoms with Crippen molar-refractivity contribution in [3.63, 3.8) is 0 Å². The van der Waals surface area contributed by atoms with E-state index in [0.29, 0.717) is 32.0 Å². The molecule has 7 heteroatoms. The Morgan fingerprint density at radius 1 is 1.29 bits per heavy atom. The minimum Gasteiger partial charge on any atom is -0.353 e. The molecule has 21 heavy (non-hydrogen) atoms. The molecule has 0 unspecified atom stereocenters. The van der Waals surface area contributed by atoms with E-state index in [9.17, 15) is 13.7 Å². The number of nitrogens with zero attached hydrogens (tertiary/aromatic N) is 4. The largest absolute Gasteiger partial charge is 0.353 e. The summed E-state index contributed by atoms with van der Waals surface area (Å²) in [6.45, 7) is 6.52. The number of nitriles is 1. The van der Waals surface area contributed by atoms with E-state index in [1.54, 1.807) is 18.3 Å². The molecule has 0 atom stereocenters. The van der Waals surface area contributed by atoms with Gasteiger partial charge in [0.1, 0.15) is 16.3 Å². The number of aromatic nitrogens is 1. The molecule has 1 aliphatic rings. The van der Waals surface area contributed by atoms with Crippen molar-refractivity contribution >= 4 is 15.7 Å². The van der Waals surface area contributed by atoms with Gasteiger partial charge in [-0.1, -0.05) is 0 Å². The van der Waals surface area contributed by atoms with Gasteiger partial charge in [0, 0.05) is 38.6 Å². The average molecular weight is 308 g/mol. The highest BCUT2D eigenvalue weighted by molar-refractivity contribution is 7.90. The second-order valence-corrected chi connectivity index (χ2v) is 7.73. The Bertz CT molecular complexity index is 656. The lowest BCUT2D eigenvalue weighted by Crippen LogP contribution is -2.54. The zero-order valence-corrected chi connectivity index (χ0v) is 13.4. The van der Waals surface area contributed by atoms with E-state index in [0.717, 1.165) is 0 Å². The van der Waals surface area contributed by atoms with Gasteiger partial charge in [-0.25, -0.2) is 13.4 Å². The van der Waals surface area contributed by atoms with E-state index >= 15 is 0 Å². The Balaban J connectivity index is 2.20. The summed E-state index contributed by atoms with van der Waals surface area (Å²) >= 11 is 0. The highest BCUT2D eigenvalue weighted by Crippen LogP contribution is 2.25. The van der Waals surface area contributed by atoms with Crippen LogP contribution in [0.4, 0.5) is 5.82 Å². The van der Waals surface area contributed by atoms with Gasteiger partial charge in [0.25, 0.3) is 0 Å². The molecule has 6 nitrogen and oxygen atoms in total. The number of piperazine rings is 1. The fourth-order valence-corrected chi connectivity index (χ4v) is 3.30. The first-order valence-electron chi connectivity index (χ1n) is 6.82. The second kappa shape index (κ2) is 5.62. The normalized spacial score (nSPS) is 17.5. The average Bonchev–Trinajstić information content (AvgIpc) is 2.46. The lowest BCUT2D eigenvalue weighted by Gasteiger charge is -2.41. The Hall–Kier alpha value is -1.65. The van der Waals surface area contributed by atoms with Crippen LogP contribution in [0.2, 0.25) is 0 Å². The molecule has 0 N–H and O–H groups in total. The second-order valence-electron chi connectivity index (χ2n) is 5.74. The maximum absolute atomic E-state index is 11.8. The molecule has 2 rings (SSSR count). The van der Waals surface area contributed by atoms with Gasteiger partial charge in [-0.05, 0) is 26.0 Å². The van der Waals surface area contributed by atoms with Crippen molar-refractivity contribution in [2.45, 2.75) is 24.3 Å². The zero-order valence-electron chi connectivity index (χ0n) is 12.6. The maximum atomic E-state index is 11.8. The van der Waals surface area contributed by atoms with Crippen LogP contribution in [-0.2, 0) is 9.84 Å². The first-order chi connectivity index (χ1) is 9.75. The van der Waals surface area contributed by atoms with Gasteiger partial charge < -0.3 is 4.90 Å². The van der Waals surface area contributed by atoms with E-state index in [1.165, 1.54) is 6.26 Å². The minimum atomic E-state index is -3.30. The molecule has 0 aliphatic carbocycles. The molecule has 1 aromatic heterocycles. The van der Waals surface area contributed by atoms with Gasteiger partial charge in [-0.3, -0.25) is 4.90 Å². The minimum absolute atomic E-state index is 0.262. The molecule has 0 spiro atoms. The third-order valence-corrected chi connectivity index (χ3v) is 4.91. The highest BCUT2D eigenvalue weighted by atomic mass is 32.2. The third kappa shape index (κ3) is 3.34. The number of hydrogen-bond acceptors (Lipinski definition) is 6. The molecular weight excluding hydrogens is 288 g/mol. The van der Waals surface area contributed by atoms with Crippen LogP contribution < -0.4 is 4.90 Å². The lowest BCUT2D eigenvalue weighted by atomic mass is 10.0. The SMILES string of the molecule is CC(C)(C#N)N1CCN(c2ncccc2S(C)(=O)=O)CC1. The summed E-state index contributed by atoms with van der Waals surface area (Å²) in [5.41, 5.74) is -0.504. The van der Waals surface area contributed by atoms with Gasteiger partial charge in [-0.2, -0.15) is 5.26 Å². The van der Waals surface area contributed by atoms with Crippen LogP contribution in [0.15, 0.2) is 23.2 Å². The summed E-state index contributed by atoms with van der Waals surface area (Å²) in [5.74, 6) is 0.509. The van der Waals surface area contributed by atoms with Crippen LogP contribution in [0, 0.1) is 11.3 Å². The van der Waals surface area contributed by atoms with Crippen LogP contribution in [0.3, 0.4) is 0 Å². The molecule has 0 bridgehead atoms. The fraction of sp³-hybridized carbons (Fsp3) is 0.571. The van der Waals surface area contributed by atoms with E-state index in [1.807, 2.05) is 18.7 Å². The lowest BCUT2D eigenvalue weighted by molar-refractivity contribution is 0.157. The zero-order chi connectivity index (χ0) is 15.7. The quantitative estimate of drug-likeness (QED) is 0.826. The maximum Gasteiger partial charge on any atom is 0.179 e.